The first-order valence-corrected chi connectivity index (χ1v) is 8.03. The van der Waals surface area contributed by atoms with Crippen LogP contribution in [0.1, 0.15) is 43.6 Å². The third-order valence-electron chi connectivity index (χ3n) is 4.58. The largest absolute Gasteiger partial charge is 0.494 e. The summed E-state index contributed by atoms with van der Waals surface area (Å²) in [7, 11) is 3.79. The van der Waals surface area contributed by atoms with Gasteiger partial charge in [0, 0.05) is 19.7 Å². The molecule has 23 heavy (non-hydrogen) atoms. The van der Waals surface area contributed by atoms with Crippen molar-refractivity contribution in [3.8, 4) is 5.75 Å². The van der Waals surface area contributed by atoms with Gasteiger partial charge in [-0.25, -0.2) is 5.01 Å². The molecule has 0 radical (unpaired) electrons. The number of anilines is 1. The Morgan fingerprint density at radius 3 is 2.52 bits per heavy atom. The average molecular weight is 315 g/mol. The molecule has 2 aliphatic heterocycles. The van der Waals surface area contributed by atoms with E-state index in [1.165, 1.54) is 5.57 Å². The minimum absolute atomic E-state index is 0.0227. The van der Waals surface area contributed by atoms with Crippen LogP contribution in [-0.4, -0.2) is 48.8 Å². The SMILES string of the molecule is CCOc1cc2c3c(c1)C(C)=CC(C)(C)N3CN(N(C)C)C2=O. The highest BCUT2D eigenvalue weighted by molar-refractivity contribution is 6.05. The number of hydrazine groups is 1. The molecule has 5 heteroatoms. The lowest BCUT2D eigenvalue weighted by Crippen LogP contribution is -2.59. The van der Waals surface area contributed by atoms with E-state index in [0.717, 1.165) is 17.0 Å². The van der Waals surface area contributed by atoms with Crippen molar-refractivity contribution in [2.75, 3.05) is 32.3 Å². The number of amides is 1. The summed E-state index contributed by atoms with van der Waals surface area (Å²) in [5.74, 6) is 0.775. The number of nitrogens with zero attached hydrogens (tertiary/aromatic N) is 3. The highest BCUT2D eigenvalue weighted by atomic mass is 16.5. The maximum absolute atomic E-state index is 13.0. The van der Waals surface area contributed by atoms with Crippen LogP contribution >= 0.6 is 0 Å². The topological polar surface area (TPSA) is 36.0 Å². The minimum Gasteiger partial charge on any atom is -0.494 e. The Labute approximate surface area is 138 Å². The third-order valence-corrected chi connectivity index (χ3v) is 4.58. The number of allylic oxidation sites excluding steroid dienone is 1. The van der Waals surface area contributed by atoms with Crippen molar-refractivity contribution < 1.29 is 9.53 Å². The van der Waals surface area contributed by atoms with Crippen LogP contribution < -0.4 is 9.64 Å². The molecule has 3 rings (SSSR count). The lowest BCUT2D eigenvalue weighted by molar-refractivity contribution is 0.0154. The van der Waals surface area contributed by atoms with E-state index in [1.54, 1.807) is 5.01 Å². The molecule has 1 amide bonds. The van der Waals surface area contributed by atoms with Gasteiger partial charge in [0.1, 0.15) is 12.4 Å². The average Bonchev–Trinajstić information content (AvgIpc) is 2.45. The van der Waals surface area contributed by atoms with Crippen molar-refractivity contribution in [2.45, 2.75) is 33.2 Å². The molecule has 5 nitrogen and oxygen atoms in total. The third kappa shape index (κ3) is 2.39. The Hall–Kier alpha value is -2.01. The van der Waals surface area contributed by atoms with Crippen molar-refractivity contribution in [1.29, 1.82) is 0 Å². The lowest BCUT2D eigenvalue weighted by atomic mass is 9.86. The summed E-state index contributed by atoms with van der Waals surface area (Å²) < 4.78 is 5.69. The maximum Gasteiger partial charge on any atom is 0.272 e. The molecule has 0 unspecified atom stereocenters. The van der Waals surface area contributed by atoms with Gasteiger partial charge in [-0.3, -0.25) is 9.80 Å². The second-order valence-electron chi connectivity index (χ2n) is 6.90. The summed E-state index contributed by atoms with van der Waals surface area (Å²) in [6, 6.07) is 3.93. The van der Waals surface area contributed by atoms with Crippen LogP contribution in [0.5, 0.6) is 5.75 Å². The zero-order chi connectivity index (χ0) is 16.9. The Morgan fingerprint density at radius 2 is 1.91 bits per heavy atom. The highest BCUT2D eigenvalue weighted by Crippen LogP contribution is 2.45. The molecular weight excluding hydrogens is 290 g/mol. The zero-order valence-corrected chi connectivity index (χ0v) is 14.8. The summed E-state index contributed by atoms with van der Waals surface area (Å²) in [5, 5.41) is 3.61. The van der Waals surface area contributed by atoms with E-state index in [4.69, 9.17) is 4.74 Å². The summed E-state index contributed by atoms with van der Waals surface area (Å²) in [5.41, 5.74) is 3.88. The van der Waals surface area contributed by atoms with Gasteiger partial charge in [-0.15, -0.1) is 0 Å². The number of rotatable bonds is 3. The van der Waals surface area contributed by atoms with Crippen molar-refractivity contribution >= 4 is 17.2 Å². The smallest absolute Gasteiger partial charge is 0.272 e. The fraction of sp³-hybridized carbons (Fsp3) is 0.500. The molecule has 0 N–H and O–H groups in total. The van der Waals surface area contributed by atoms with Crippen LogP contribution in [0, 0.1) is 0 Å². The maximum atomic E-state index is 13.0. The van der Waals surface area contributed by atoms with Crippen molar-refractivity contribution in [3.63, 3.8) is 0 Å². The van der Waals surface area contributed by atoms with E-state index in [2.05, 4.69) is 37.8 Å². The van der Waals surface area contributed by atoms with Crippen LogP contribution in [0.15, 0.2) is 18.2 Å². The molecule has 0 bridgehead atoms. The predicted molar refractivity (Wildman–Crippen MR) is 92.5 cm³/mol. The predicted octanol–water partition coefficient (Wildman–Crippen LogP) is 2.98. The van der Waals surface area contributed by atoms with E-state index in [9.17, 15) is 4.79 Å². The van der Waals surface area contributed by atoms with Gasteiger partial charge in [-0.1, -0.05) is 6.08 Å². The molecule has 0 atom stereocenters. The van der Waals surface area contributed by atoms with Gasteiger partial charge in [-0.05, 0) is 45.4 Å². The number of hydrogen-bond donors (Lipinski definition) is 0. The van der Waals surface area contributed by atoms with Gasteiger partial charge in [0.05, 0.1) is 23.4 Å². The summed E-state index contributed by atoms with van der Waals surface area (Å²) in [6.07, 6.45) is 2.26. The normalized spacial score (nSPS) is 18.9. The first-order chi connectivity index (χ1) is 10.8. The zero-order valence-electron chi connectivity index (χ0n) is 14.8. The second-order valence-corrected chi connectivity index (χ2v) is 6.90. The minimum atomic E-state index is -0.145. The quantitative estimate of drug-likeness (QED) is 0.859. The molecule has 124 valence electrons. The van der Waals surface area contributed by atoms with Crippen molar-refractivity contribution in [3.05, 3.63) is 29.3 Å². The summed E-state index contributed by atoms with van der Waals surface area (Å²) in [6.45, 7) is 9.56. The van der Waals surface area contributed by atoms with Gasteiger partial charge < -0.3 is 9.64 Å². The molecule has 0 saturated heterocycles. The molecule has 0 aliphatic carbocycles. The van der Waals surface area contributed by atoms with Crippen molar-refractivity contribution in [1.82, 2.24) is 10.0 Å². The van der Waals surface area contributed by atoms with E-state index < -0.39 is 0 Å². The number of ether oxygens (including phenoxy) is 1. The van der Waals surface area contributed by atoms with Crippen LogP contribution in [0.25, 0.3) is 5.57 Å². The molecule has 0 aromatic heterocycles. The van der Waals surface area contributed by atoms with Gasteiger partial charge >= 0.3 is 0 Å². The number of carbonyl (C=O) groups excluding carboxylic acids is 1. The molecule has 1 aromatic rings. The van der Waals surface area contributed by atoms with E-state index in [1.807, 2.05) is 32.1 Å². The molecule has 0 spiro atoms. The molecule has 0 fully saturated rings. The van der Waals surface area contributed by atoms with Gasteiger partial charge in [-0.2, -0.15) is 0 Å². The highest BCUT2D eigenvalue weighted by Gasteiger charge is 2.41. The van der Waals surface area contributed by atoms with E-state index in [-0.39, 0.29) is 11.4 Å². The van der Waals surface area contributed by atoms with Crippen LogP contribution in [0.4, 0.5) is 5.69 Å². The number of carbonyl (C=O) groups is 1. The standard InChI is InChI=1S/C18H25N3O2/c1-7-23-13-8-14-12(2)10-18(3,4)20-11-21(19(5)6)17(22)15(9-13)16(14)20/h8-10H,7,11H2,1-6H3. The van der Waals surface area contributed by atoms with Crippen LogP contribution in [-0.2, 0) is 0 Å². The monoisotopic (exact) mass is 315 g/mol. The van der Waals surface area contributed by atoms with E-state index in [0.29, 0.717) is 18.8 Å². The van der Waals surface area contributed by atoms with Crippen molar-refractivity contribution in [2.24, 2.45) is 0 Å². The van der Waals surface area contributed by atoms with Crippen LogP contribution in [0.3, 0.4) is 0 Å². The molecule has 2 heterocycles. The number of hydrogen-bond acceptors (Lipinski definition) is 4. The van der Waals surface area contributed by atoms with Crippen LogP contribution in [0.2, 0.25) is 0 Å². The Bertz CT molecular complexity index is 692. The summed E-state index contributed by atoms with van der Waals surface area (Å²) >= 11 is 0. The first kappa shape index (κ1) is 15.9. The summed E-state index contributed by atoms with van der Waals surface area (Å²) in [4.78, 5) is 15.2. The first-order valence-electron chi connectivity index (χ1n) is 8.03. The fourth-order valence-electron chi connectivity index (χ4n) is 3.48. The molecule has 2 aliphatic rings. The number of benzene rings is 1. The van der Waals surface area contributed by atoms with Gasteiger partial charge in [0.2, 0.25) is 0 Å². The molecule has 1 aromatic carbocycles. The van der Waals surface area contributed by atoms with Gasteiger partial charge in [0.25, 0.3) is 5.91 Å². The Kier molecular flexibility index (Phi) is 3.64. The van der Waals surface area contributed by atoms with E-state index >= 15 is 0 Å². The second kappa shape index (κ2) is 5.27. The Balaban J connectivity index is 2.25. The molecule has 0 saturated carbocycles. The molecular formula is C18H25N3O2. The fourth-order valence-corrected chi connectivity index (χ4v) is 3.48. The lowest BCUT2D eigenvalue weighted by Gasteiger charge is -2.50. The Morgan fingerprint density at radius 1 is 1.26 bits per heavy atom. The van der Waals surface area contributed by atoms with Gasteiger partial charge in [0.15, 0.2) is 0 Å².